The van der Waals surface area contributed by atoms with Gasteiger partial charge in [-0.15, -0.1) is 11.8 Å². The van der Waals surface area contributed by atoms with Crippen LogP contribution in [0.1, 0.15) is 12.0 Å². The number of hydrogen-bond acceptors (Lipinski definition) is 3. The van der Waals surface area contributed by atoms with Gasteiger partial charge in [0.15, 0.2) is 0 Å². The van der Waals surface area contributed by atoms with Crippen molar-refractivity contribution in [2.24, 2.45) is 0 Å². The third-order valence-corrected chi connectivity index (χ3v) is 2.79. The van der Waals surface area contributed by atoms with E-state index < -0.39 is 5.82 Å². The van der Waals surface area contributed by atoms with Crippen LogP contribution in [0.4, 0.5) is 4.39 Å². The molecule has 0 aromatic heterocycles. The highest BCUT2D eigenvalue weighted by Crippen LogP contribution is 2.24. The Hall–Kier alpha value is -1.05. The van der Waals surface area contributed by atoms with Gasteiger partial charge in [-0.1, -0.05) is 6.07 Å². The summed E-state index contributed by atoms with van der Waals surface area (Å²) < 4.78 is 13.1. The summed E-state index contributed by atoms with van der Waals surface area (Å²) in [5.74, 6) is 0.204. The lowest BCUT2D eigenvalue weighted by molar-refractivity contribution is 0.296. The Morgan fingerprint density at radius 1 is 1.50 bits per heavy atom. The van der Waals surface area contributed by atoms with E-state index in [-0.39, 0.29) is 12.2 Å². The monoisotopic (exact) mass is 211 g/mol. The summed E-state index contributed by atoms with van der Waals surface area (Å²) in [6.07, 6.45) is 0.645. The molecule has 74 valence electrons. The molecule has 1 rings (SSSR count). The van der Waals surface area contributed by atoms with Gasteiger partial charge in [0.2, 0.25) is 0 Å². The molecule has 0 aliphatic carbocycles. The van der Waals surface area contributed by atoms with Crippen LogP contribution in [0.3, 0.4) is 0 Å². The molecule has 0 unspecified atom stereocenters. The number of benzene rings is 1. The molecule has 14 heavy (non-hydrogen) atoms. The van der Waals surface area contributed by atoms with Crippen LogP contribution in [0.5, 0.6) is 0 Å². The summed E-state index contributed by atoms with van der Waals surface area (Å²) in [6.45, 7) is 0.115. The second-order valence-electron chi connectivity index (χ2n) is 2.65. The average molecular weight is 211 g/mol. The zero-order valence-electron chi connectivity index (χ0n) is 7.53. The molecule has 0 fully saturated rings. The molecule has 4 heteroatoms. The van der Waals surface area contributed by atoms with E-state index in [9.17, 15) is 4.39 Å². The van der Waals surface area contributed by atoms with Gasteiger partial charge in [-0.25, -0.2) is 4.39 Å². The second kappa shape index (κ2) is 5.63. The quantitative estimate of drug-likeness (QED) is 0.613. The Kier molecular flexibility index (Phi) is 4.44. The zero-order chi connectivity index (χ0) is 10.4. The van der Waals surface area contributed by atoms with Crippen LogP contribution in [0.15, 0.2) is 23.1 Å². The highest BCUT2D eigenvalue weighted by Gasteiger charge is 2.07. The fourth-order valence-corrected chi connectivity index (χ4v) is 1.94. The van der Waals surface area contributed by atoms with E-state index in [2.05, 4.69) is 0 Å². The van der Waals surface area contributed by atoms with Gasteiger partial charge in [0.25, 0.3) is 0 Å². The highest BCUT2D eigenvalue weighted by atomic mass is 32.2. The third kappa shape index (κ3) is 2.72. The number of nitrogens with zero attached hydrogens (tertiary/aromatic N) is 1. The average Bonchev–Trinajstić information content (AvgIpc) is 2.18. The summed E-state index contributed by atoms with van der Waals surface area (Å²) in [5, 5.41) is 17.3. The van der Waals surface area contributed by atoms with Crippen LogP contribution in [-0.2, 0) is 0 Å². The molecular weight excluding hydrogens is 201 g/mol. The first kappa shape index (κ1) is 11.0. The maximum atomic E-state index is 13.1. The number of nitriles is 1. The standard InChI is InChI=1S/C10H10FNOS/c11-9-3-1-4-10(8(9)7-12)14-6-2-5-13/h1,3-4,13H,2,5-6H2. The number of thioether (sulfide) groups is 1. The summed E-state index contributed by atoms with van der Waals surface area (Å²) >= 11 is 1.39. The molecule has 0 aliphatic rings. The van der Waals surface area contributed by atoms with Crippen molar-refractivity contribution in [1.29, 1.82) is 5.26 Å². The molecule has 0 radical (unpaired) electrons. The summed E-state index contributed by atoms with van der Waals surface area (Å²) in [7, 11) is 0. The van der Waals surface area contributed by atoms with Crippen LogP contribution < -0.4 is 0 Å². The lowest BCUT2D eigenvalue weighted by Gasteiger charge is -2.02. The molecule has 0 bridgehead atoms. The molecule has 1 aromatic carbocycles. The number of aliphatic hydroxyl groups is 1. The third-order valence-electron chi connectivity index (χ3n) is 1.65. The molecule has 1 aromatic rings. The van der Waals surface area contributed by atoms with Gasteiger partial charge in [-0.05, 0) is 18.6 Å². The molecule has 0 spiro atoms. The lowest BCUT2D eigenvalue weighted by Crippen LogP contribution is -1.90. The Morgan fingerprint density at radius 2 is 2.29 bits per heavy atom. The molecule has 0 atom stereocenters. The van der Waals surface area contributed by atoms with E-state index in [1.165, 1.54) is 17.8 Å². The normalized spacial score (nSPS) is 9.79. The van der Waals surface area contributed by atoms with Crippen molar-refractivity contribution in [1.82, 2.24) is 0 Å². The van der Waals surface area contributed by atoms with E-state index in [1.54, 1.807) is 12.1 Å². The van der Waals surface area contributed by atoms with Crippen LogP contribution in [-0.4, -0.2) is 17.5 Å². The fourth-order valence-electron chi connectivity index (χ4n) is 0.980. The maximum absolute atomic E-state index is 13.1. The van der Waals surface area contributed by atoms with Crippen molar-refractivity contribution >= 4 is 11.8 Å². The Balaban J connectivity index is 2.76. The first-order chi connectivity index (χ1) is 6.79. The predicted molar refractivity (Wildman–Crippen MR) is 53.5 cm³/mol. The minimum absolute atomic E-state index is 0.0930. The van der Waals surface area contributed by atoms with E-state index in [4.69, 9.17) is 10.4 Å². The highest BCUT2D eigenvalue weighted by molar-refractivity contribution is 7.99. The van der Waals surface area contributed by atoms with Gasteiger partial charge < -0.3 is 5.11 Å². The Bertz CT molecular complexity index is 348. The van der Waals surface area contributed by atoms with Gasteiger partial charge >= 0.3 is 0 Å². The molecule has 2 nitrogen and oxygen atoms in total. The first-order valence-corrected chi connectivity index (χ1v) is 5.20. The van der Waals surface area contributed by atoms with Crippen molar-refractivity contribution in [3.8, 4) is 6.07 Å². The van der Waals surface area contributed by atoms with Gasteiger partial charge in [-0.2, -0.15) is 5.26 Å². The van der Waals surface area contributed by atoms with E-state index in [0.717, 1.165) is 0 Å². The number of halogens is 1. The first-order valence-electron chi connectivity index (χ1n) is 4.22. The van der Waals surface area contributed by atoms with E-state index >= 15 is 0 Å². The van der Waals surface area contributed by atoms with Crippen LogP contribution >= 0.6 is 11.8 Å². The predicted octanol–water partition coefficient (Wildman–Crippen LogP) is 2.17. The van der Waals surface area contributed by atoms with Gasteiger partial charge in [0.1, 0.15) is 17.4 Å². The van der Waals surface area contributed by atoms with Crippen molar-refractivity contribution in [2.45, 2.75) is 11.3 Å². The van der Waals surface area contributed by atoms with Crippen molar-refractivity contribution in [2.75, 3.05) is 12.4 Å². The van der Waals surface area contributed by atoms with Crippen molar-refractivity contribution < 1.29 is 9.50 Å². The summed E-state index contributed by atoms with van der Waals surface area (Å²) in [4.78, 5) is 0.640. The van der Waals surface area contributed by atoms with E-state index in [0.29, 0.717) is 17.1 Å². The molecule has 0 saturated carbocycles. The van der Waals surface area contributed by atoms with Crippen molar-refractivity contribution in [3.05, 3.63) is 29.6 Å². The van der Waals surface area contributed by atoms with Crippen LogP contribution in [0.25, 0.3) is 0 Å². The molecule has 0 heterocycles. The second-order valence-corrected chi connectivity index (χ2v) is 3.79. The minimum atomic E-state index is -0.485. The van der Waals surface area contributed by atoms with Crippen LogP contribution in [0.2, 0.25) is 0 Å². The largest absolute Gasteiger partial charge is 0.396 e. The topological polar surface area (TPSA) is 44.0 Å². The Morgan fingerprint density at radius 3 is 2.93 bits per heavy atom. The molecule has 0 aliphatic heterocycles. The van der Waals surface area contributed by atoms with Gasteiger partial charge in [0.05, 0.1) is 0 Å². The number of rotatable bonds is 4. The summed E-state index contributed by atoms with van der Waals surface area (Å²) in [5.41, 5.74) is 0.0930. The Labute approximate surface area is 86.4 Å². The number of aliphatic hydroxyl groups excluding tert-OH is 1. The fraction of sp³-hybridized carbons (Fsp3) is 0.300. The molecule has 0 amide bonds. The van der Waals surface area contributed by atoms with Gasteiger partial charge in [-0.3, -0.25) is 0 Å². The maximum Gasteiger partial charge on any atom is 0.142 e. The van der Waals surface area contributed by atoms with Crippen molar-refractivity contribution in [3.63, 3.8) is 0 Å². The lowest BCUT2D eigenvalue weighted by atomic mass is 10.2. The van der Waals surface area contributed by atoms with E-state index in [1.807, 2.05) is 6.07 Å². The number of hydrogen-bond donors (Lipinski definition) is 1. The molecule has 0 saturated heterocycles. The summed E-state index contributed by atoms with van der Waals surface area (Å²) in [6, 6.07) is 6.40. The van der Waals surface area contributed by atoms with Gasteiger partial charge in [0, 0.05) is 17.3 Å². The molecular formula is C10H10FNOS. The minimum Gasteiger partial charge on any atom is -0.396 e. The molecule has 1 N–H and O–H groups in total. The SMILES string of the molecule is N#Cc1c(F)cccc1SCCCO. The zero-order valence-corrected chi connectivity index (χ0v) is 8.35. The smallest absolute Gasteiger partial charge is 0.142 e. The van der Waals surface area contributed by atoms with Crippen LogP contribution in [0, 0.1) is 17.1 Å².